The number of amides is 1. The van der Waals surface area contributed by atoms with Crippen LogP contribution >= 0.6 is 0 Å². The lowest BCUT2D eigenvalue weighted by molar-refractivity contribution is -0.119. The molecule has 1 amide bonds. The van der Waals surface area contributed by atoms with Crippen molar-refractivity contribution in [3.8, 4) is 11.5 Å². The summed E-state index contributed by atoms with van der Waals surface area (Å²) < 4.78 is 5.82. The van der Waals surface area contributed by atoms with Crippen molar-refractivity contribution in [3.63, 3.8) is 0 Å². The Bertz CT molecular complexity index is 1140. The Kier molecular flexibility index (Phi) is 6.12. The van der Waals surface area contributed by atoms with Crippen LogP contribution in [0.15, 0.2) is 73.1 Å². The van der Waals surface area contributed by atoms with Crippen LogP contribution in [-0.4, -0.2) is 34.2 Å². The first-order chi connectivity index (χ1) is 15.5. The van der Waals surface area contributed by atoms with Gasteiger partial charge in [0.05, 0.1) is 11.3 Å². The molecule has 3 aromatic rings. The van der Waals surface area contributed by atoms with E-state index in [0.29, 0.717) is 41.2 Å². The molecule has 0 aliphatic carbocycles. The van der Waals surface area contributed by atoms with Crippen molar-refractivity contribution in [1.29, 1.82) is 5.41 Å². The molecular formula is C24H24N6O2. The standard InChI is InChI=1S/C24H24N6O2/c1-15-7-10-17(30-24(15)31)13-27-23-20(22(26)28-14-29-23)21(25)16-8-11-19(12-9-16)32-18-5-3-2-4-6-18/h2-6,8-9,11-12,14,17,25H,1,7,10,13H2,(H,30,31)(H3,26,27,28,29)/t17-/m0/s1. The van der Waals surface area contributed by atoms with E-state index in [1.165, 1.54) is 6.33 Å². The highest BCUT2D eigenvalue weighted by molar-refractivity contribution is 6.16. The quantitative estimate of drug-likeness (QED) is 0.337. The van der Waals surface area contributed by atoms with Gasteiger partial charge in [0.2, 0.25) is 5.91 Å². The van der Waals surface area contributed by atoms with E-state index in [1.807, 2.05) is 30.3 Å². The van der Waals surface area contributed by atoms with E-state index in [2.05, 4.69) is 27.2 Å². The summed E-state index contributed by atoms with van der Waals surface area (Å²) in [4.78, 5) is 20.2. The van der Waals surface area contributed by atoms with E-state index >= 15 is 0 Å². The van der Waals surface area contributed by atoms with Crippen LogP contribution in [0.1, 0.15) is 24.0 Å². The second-order valence-corrected chi connectivity index (χ2v) is 7.49. The molecule has 1 aliphatic heterocycles. The fourth-order valence-corrected chi connectivity index (χ4v) is 3.43. The average Bonchev–Trinajstić information content (AvgIpc) is 2.81. The zero-order valence-electron chi connectivity index (χ0n) is 17.5. The molecule has 162 valence electrons. The van der Waals surface area contributed by atoms with E-state index in [1.54, 1.807) is 24.3 Å². The summed E-state index contributed by atoms with van der Waals surface area (Å²) in [6, 6.07) is 16.6. The first-order valence-corrected chi connectivity index (χ1v) is 10.3. The fraction of sp³-hybridized carbons (Fsp3) is 0.167. The Hall–Kier alpha value is -4.20. The first-order valence-electron chi connectivity index (χ1n) is 10.3. The average molecular weight is 428 g/mol. The maximum Gasteiger partial charge on any atom is 0.246 e. The van der Waals surface area contributed by atoms with Gasteiger partial charge < -0.3 is 21.1 Å². The van der Waals surface area contributed by atoms with Gasteiger partial charge in [-0.05, 0) is 49.2 Å². The van der Waals surface area contributed by atoms with Crippen LogP contribution in [-0.2, 0) is 4.79 Å². The molecule has 1 aromatic heterocycles. The maximum absolute atomic E-state index is 11.8. The zero-order chi connectivity index (χ0) is 22.5. The number of nitrogen functional groups attached to an aromatic ring is 1. The third kappa shape index (κ3) is 4.75. The number of para-hydroxylation sites is 1. The van der Waals surface area contributed by atoms with Gasteiger partial charge in [-0.3, -0.25) is 10.2 Å². The fourth-order valence-electron chi connectivity index (χ4n) is 3.43. The van der Waals surface area contributed by atoms with Crippen LogP contribution in [0.5, 0.6) is 11.5 Å². The van der Waals surface area contributed by atoms with Gasteiger partial charge in [0.15, 0.2) is 0 Å². The number of aromatic nitrogens is 2. The number of nitrogens with zero attached hydrogens (tertiary/aromatic N) is 2. The molecule has 1 saturated heterocycles. The number of nitrogens with one attached hydrogen (secondary N) is 3. The minimum Gasteiger partial charge on any atom is -0.457 e. The molecule has 2 aromatic carbocycles. The minimum absolute atomic E-state index is 0.0550. The molecule has 32 heavy (non-hydrogen) atoms. The predicted octanol–water partition coefficient (Wildman–Crippen LogP) is 3.51. The van der Waals surface area contributed by atoms with Crippen molar-refractivity contribution in [1.82, 2.24) is 15.3 Å². The van der Waals surface area contributed by atoms with E-state index in [0.717, 1.165) is 12.2 Å². The lowest BCUT2D eigenvalue weighted by Gasteiger charge is -2.25. The zero-order valence-corrected chi connectivity index (χ0v) is 17.5. The molecule has 1 fully saturated rings. The summed E-state index contributed by atoms with van der Waals surface area (Å²) >= 11 is 0. The second-order valence-electron chi connectivity index (χ2n) is 7.49. The summed E-state index contributed by atoms with van der Waals surface area (Å²) in [5.74, 6) is 1.93. The van der Waals surface area contributed by atoms with Gasteiger partial charge in [0.1, 0.15) is 29.5 Å². The molecule has 0 radical (unpaired) electrons. The topological polar surface area (TPSA) is 126 Å². The summed E-state index contributed by atoms with van der Waals surface area (Å²) in [5.41, 5.74) is 7.95. The molecule has 2 heterocycles. The molecule has 8 heteroatoms. The second kappa shape index (κ2) is 9.30. The Balaban J connectivity index is 1.48. The summed E-state index contributed by atoms with van der Waals surface area (Å²) in [5, 5.41) is 14.8. The van der Waals surface area contributed by atoms with Crippen LogP contribution in [0.3, 0.4) is 0 Å². The van der Waals surface area contributed by atoms with Crippen molar-refractivity contribution in [3.05, 3.63) is 84.2 Å². The molecule has 0 bridgehead atoms. The molecule has 1 atom stereocenters. The van der Waals surface area contributed by atoms with E-state index < -0.39 is 0 Å². The maximum atomic E-state index is 11.8. The highest BCUT2D eigenvalue weighted by Gasteiger charge is 2.22. The van der Waals surface area contributed by atoms with Crippen molar-refractivity contribution < 1.29 is 9.53 Å². The SMILES string of the molecule is C=C1CC[C@@H](CNc2ncnc(N)c2C(=N)c2ccc(Oc3ccccc3)cc2)NC1=O. The smallest absolute Gasteiger partial charge is 0.246 e. The number of carbonyl (C=O) groups is 1. The Morgan fingerprint density at radius 1 is 1.16 bits per heavy atom. The van der Waals surface area contributed by atoms with Gasteiger partial charge in [-0.1, -0.05) is 24.8 Å². The summed E-state index contributed by atoms with van der Waals surface area (Å²) in [6.45, 7) is 4.21. The third-order valence-corrected chi connectivity index (χ3v) is 5.22. The van der Waals surface area contributed by atoms with Crippen LogP contribution in [0.2, 0.25) is 0 Å². The minimum atomic E-state index is -0.129. The lowest BCUT2D eigenvalue weighted by atomic mass is 10.00. The molecule has 5 N–H and O–H groups in total. The van der Waals surface area contributed by atoms with Crippen LogP contribution in [0.25, 0.3) is 0 Å². The molecule has 4 rings (SSSR count). The van der Waals surface area contributed by atoms with Gasteiger partial charge in [-0.15, -0.1) is 0 Å². The third-order valence-electron chi connectivity index (χ3n) is 5.22. The number of ether oxygens (including phenoxy) is 1. The van der Waals surface area contributed by atoms with E-state index in [4.69, 9.17) is 15.9 Å². The molecule has 1 aliphatic rings. The van der Waals surface area contributed by atoms with Crippen molar-refractivity contribution in [2.24, 2.45) is 0 Å². The van der Waals surface area contributed by atoms with Gasteiger partial charge in [0, 0.05) is 23.7 Å². The molecule has 0 unspecified atom stereocenters. The molecular weight excluding hydrogens is 404 g/mol. The van der Waals surface area contributed by atoms with Crippen LogP contribution in [0, 0.1) is 5.41 Å². The van der Waals surface area contributed by atoms with Gasteiger partial charge in [0.25, 0.3) is 0 Å². The summed E-state index contributed by atoms with van der Waals surface area (Å²) in [6.07, 6.45) is 2.80. The number of hydrogen-bond donors (Lipinski definition) is 4. The molecule has 0 spiro atoms. The van der Waals surface area contributed by atoms with Crippen molar-refractivity contribution in [2.45, 2.75) is 18.9 Å². The van der Waals surface area contributed by atoms with Gasteiger partial charge in [-0.25, -0.2) is 9.97 Å². The predicted molar refractivity (Wildman–Crippen MR) is 124 cm³/mol. The summed E-state index contributed by atoms with van der Waals surface area (Å²) in [7, 11) is 0. The number of benzene rings is 2. The normalized spacial score (nSPS) is 15.7. The van der Waals surface area contributed by atoms with Gasteiger partial charge >= 0.3 is 0 Å². The number of nitrogens with two attached hydrogens (primary N) is 1. The number of anilines is 2. The van der Waals surface area contributed by atoms with Crippen LogP contribution in [0.4, 0.5) is 11.6 Å². The highest BCUT2D eigenvalue weighted by atomic mass is 16.5. The number of piperidine rings is 1. The largest absolute Gasteiger partial charge is 0.457 e. The first kappa shape index (κ1) is 21.0. The van der Waals surface area contributed by atoms with E-state index in [9.17, 15) is 4.79 Å². The van der Waals surface area contributed by atoms with Crippen LogP contribution < -0.4 is 21.1 Å². The Morgan fingerprint density at radius 3 is 2.59 bits per heavy atom. The number of rotatable bonds is 7. The lowest BCUT2D eigenvalue weighted by Crippen LogP contribution is -2.44. The van der Waals surface area contributed by atoms with Crippen molar-refractivity contribution >= 4 is 23.3 Å². The monoisotopic (exact) mass is 428 g/mol. The molecule has 8 nitrogen and oxygen atoms in total. The number of hydrogen-bond acceptors (Lipinski definition) is 7. The number of carbonyl (C=O) groups excluding carboxylic acids is 1. The highest BCUT2D eigenvalue weighted by Crippen LogP contribution is 2.25. The van der Waals surface area contributed by atoms with Crippen molar-refractivity contribution in [2.75, 3.05) is 17.6 Å². The van der Waals surface area contributed by atoms with E-state index in [-0.39, 0.29) is 23.5 Å². The Morgan fingerprint density at radius 2 is 1.88 bits per heavy atom. The molecule has 0 saturated carbocycles. The Labute approximate surface area is 186 Å². The van der Waals surface area contributed by atoms with Gasteiger partial charge in [-0.2, -0.15) is 0 Å².